The molecule has 7 nitrogen and oxygen atoms in total. The molecule has 1 heterocycles. The Kier molecular flexibility index (Phi) is 4.19. The first kappa shape index (κ1) is 13.9. The van der Waals surface area contributed by atoms with E-state index >= 15 is 0 Å². The maximum atomic E-state index is 12.0. The number of nitrogens with zero attached hydrogens (tertiary/aromatic N) is 1. The second-order valence-corrected chi connectivity index (χ2v) is 4.43. The zero-order chi connectivity index (χ0) is 14.5. The second-order valence-electron chi connectivity index (χ2n) is 4.43. The van der Waals surface area contributed by atoms with Crippen LogP contribution < -0.4 is 16.4 Å². The molecule has 0 saturated carbocycles. The van der Waals surface area contributed by atoms with Crippen LogP contribution in [0.15, 0.2) is 24.3 Å². The number of hydrogen-bond donors (Lipinski definition) is 3. The van der Waals surface area contributed by atoms with Gasteiger partial charge < -0.3 is 21.3 Å². The van der Waals surface area contributed by atoms with Gasteiger partial charge >= 0.3 is 0 Å². The smallest absolute Gasteiger partial charge is 0.250 e. The number of carbonyl (C=O) groups excluding carboxylic acids is 3. The number of hydrogen-bond acceptors (Lipinski definition) is 4. The van der Waals surface area contributed by atoms with Crippen LogP contribution in [0, 0.1) is 0 Å². The number of carbonyl (C=O) groups is 3. The standard InChI is InChI=1S/C13H16N4O3/c14-13(20)9-3-1-2-4-10(9)16-7-12(19)17-6-5-15-11(18)8-17/h1-4,16H,5-8H2,(H2,14,20)(H,15,18). The van der Waals surface area contributed by atoms with Crippen LogP contribution in [-0.2, 0) is 9.59 Å². The van der Waals surface area contributed by atoms with Crippen molar-refractivity contribution >= 4 is 23.4 Å². The lowest BCUT2D eigenvalue weighted by atomic mass is 10.1. The Labute approximate surface area is 116 Å². The second kappa shape index (κ2) is 6.05. The molecule has 1 aliphatic rings. The van der Waals surface area contributed by atoms with Crippen molar-refractivity contribution in [2.24, 2.45) is 5.73 Å². The molecule has 7 heteroatoms. The fourth-order valence-corrected chi connectivity index (χ4v) is 1.99. The minimum absolute atomic E-state index is 0.0115. The summed E-state index contributed by atoms with van der Waals surface area (Å²) in [5, 5.41) is 5.53. The van der Waals surface area contributed by atoms with Crippen molar-refractivity contribution in [2.75, 3.05) is 31.5 Å². The van der Waals surface area contributed by atoms with E-state index in [1.807, 2.05) is 0 Å². The highest BCUT2D eigenvalue weighted by atomic mass is 16.2. The number of amides is 3. The highest BCUT2D eigenvalue weighted by molar-refractivity contribution is 5.99. The van der Waals surface area contributed by atoms with Gasteiger partial charge in [-0.15, -0.1) is 0 Å². The summed E-state index contributed by atoms with van der Waals surface area (Å²) in [7, 11) is 0. The fourth-order valence-electron chi connectivity index (χ4n) is 1.99. The highest BCUT2D eigenvalue weighted by Crippen LogP contribution is 2.13. The number of benzene rings is 1. The van der Waals surface area contributed by atoms with Crippen molar-refractivity contribution in [1.82, 2.24) is 10.2 Å². The van der Waals surface area contributed by atoms with Gasteiger partial charge in [-0.1, -0.05) is 12.1 Å². The van der Waals surface area contributed by atoms with Gasteiger partial charge in [-0.25, -0.2) is 0 Å². The molecule has 0 bridgehead atoms. The first-order valence-electron chi connectivity index (χ1n) is 6.25. The summed E-state index contributed by atoms with van der Waals surface area (Å²) >= 11 is 0. The van der Waals surface area contributed by atoms with E-state index in [1.165, 1.54) is 4.90 Å². The first-order valence-corrected chi connectivity index (χ1v) is 6.25. The van der Waals surface area contributed by atoms with E-state index in [0.717, 1.165) is 0 Å². The highest BCUT2D eigenvalue weighted by Gasteiger charge is 2.20. The van der Waals surface area contributed by atoms with Gasteiger partial charge in [0.25, 0.3) is 5.91 Å². The summed E-state index contributed by atoms with van der Waals surface area (Å²) in [6.45, 7) is 1.03. The van der Waals surface area contributed by atoms with Crippen molar-refractivity contribution in [3.05, 3.63) is 29.8 Å². The SMILES string of the molecule is NC(=O)c1ccccc1NCC(=O)N1CCNC(=O)C1. The number of nitrogens with one attached hydrogen (secondary N) is 2. The molecule has 0 spiro atoms. The molecular weight excluding hydrogens is 260 g/mol. The monoisotopic (exact) mass is 276 g/mol. The van der Waals surface area contributed by atoms with Crippen molar-refractivity contribution in [2.45, 2.75) is 0 Å². The quantitative estimate of drug-likeness (QED) is 0.666. The minimum Gasteiger partial charge on any atom is -0.376 e. The Balaban J connectivity index is 1.96. The maximum absolute atomic E-state index is 12.0. The van der Waals surface area contributed by atoms with E-state index in [0.29, 0.717) is 24.3 Å². The summed E-state index contributed by atoms with van der Waals surface area (Å²) < 4.78 is 0. The van der Waals surface area contributed by atoms with Crippen LogP contribution in [0.1, 0.15) is 10.4 Å². The van der Waals surface area contributed by atoms with Gasteiger partial charge in [0.15, 0.2) is 0 Å². The van der Waals surface area contributed by atoms with E-state index in [1.54, 1.807) is 24.3 Å². The van der Waals surface area contributed by atoms with Crippen LogP contribution in [0.4, 0.5) is 5.69 Å². The minimum atomic E-state index is -0.558. The van der Waals surface area contributed by atoms with Crippen LogP contribution in [0.2, 0.25) is 0 Å². The molecule has 1 aliphatic heterocycles. The molecular formula is C13H16N4O3. The Morgan fingerprint density at radius 2 is 2.10 bits per heavy atom. The number of primary amides is 1. The van der Waals surface area contributed by atoms with Gasteiger partial charge in [-0.05, 0) is 12.1 Å². The third kappa shape index (κ3) is 3.25. The topological polar surface area (TPSA) is 105 Å². The predicted octanol–water partition coefficient (Wildman–Crippen LogP) is -0.844. The van der Waals surface area contributed by atoms with Crippen LogP contribution >= 0.6 is 0 Å². The lowest BCUT2D eigenvalue weighted by molar-refractivity contribution is -0.136. The van der Waals surface area contributed by atoms with Gasteiger partial charge in [-0.3, -0.25) is 14.4 Å². The molecule has 0 aromatic heterocycles. The van der Waals surface area contributed by atoms with Crippen LogP contribution in [-0.4, -0.2) is 48.8 Å². The van der Waals surface area contributed by atoms with E-state index in [-0.39, 0.29) is 24.9 Å². The molecule has 4 N–H and O–H groups in total. The normalized spacial score (nSPS) is 14.6. The zero-order valence-corrected chi connectivity index (χ0v) is 10.9. The Morgan fingerprint density at radius 1 is 1.35 bits per heavy atom. The lowest BCUT2D eigenvalue weighted by Gasteiger charge is -2.27. The average molecular weight is 276 g/mol. The molecule has 0 atom stereocenters. The molecule has 1 aromatic rings. The molecule has 1 aromatic carbocycles. The summed E-state index contributed by atoms with van der Waals surface area (Å²) in [6, 6.07) is 6.70. The molecule has 20 heavy (non-hydrogen) atoms. The third-order valence-electron chi connectivity index (χ3n) is 3.01. The van der Waals surface area contributed by atoms with E-state index in [4.69, 9.17) is 5.73 Å². The van der Waals surface area contributed by atoms with Crippen molar-refractivity contribution < 1.29 is 14.4 Å². The summed E-state index contributed by atoms with van der Waals surface area (Å²) in [4.78, 5) is 35.9. The molecule has 106 valence electrons. The Hall–Kier alpha value is -2.57. The molecule has 0 radical (unpaired) electrons. The number of anilines is 1. The summed E-state index contributed by atoms with van der Waals surface area (Å²) in [5.41, 5.74) is 6.09. The first-order chi connectivity index (χ1) is 9.58. The van der Waals surface area contributed by atoms with E-state index in [9.17, 15) is 14.4 Å². The Morgan fingerprint density at radius 3 is 2.80 bits per heavy atom. The largest absolute Gasteiger partial charge is 0.376 e. The van der Waals surface area contributed by atoms with Crippen LogP contribution in [0.25, 0.3) is 0 Å². The molecule has 3 amide bonds. The lowest BCUT2D eigenvalue weighted by Crippen LogP contribution is -2.51. The summed E-state index contributed by atoms with van der Waals surface area (Å²) in [6.07, 6.45) is 0. The number of rotatable bonds is 4. The number of nitrogens with two attached hydrogens (primary N) is 1. The van der Waals surface area contributed by atoms with Gasteiger partial charge in [0.05, 0.1) is 18.7 Å². The summed E-state index contributed by atoms with van der Waals surface area (Å²) in [5.74, 6) is -0.917. The van der Waals surface area contributed by atoms with Crippen molar-refractivity contribution in [3.63, 3.8) is 0 Å². The van der Waals surface area contributed by atoms with Crippen LogP contribution in [0.3, 0.4) is 0 Å². The predicted molar refractivity (Wildman–Crippen MR) is 73.0 cm³/mol. The number of piperazine rings is 1. The van der Waals surface area contributed by atoms with Gasteiger partial charge in [0.2, 0.25) is 11.8 Å². The van der Waals surface area contributed by atoms with Gasteiger partial charge in [0.1, 0.15) is 0 Å². The van der Waals surface area contributed by atoms with Crippen molar-refractivity contribution in [3.8, 4) is 0 Å². The third-order valence-corrected chi connectivity index (χ3v) is 3.01. The van der Waals surface area contributed by atoms with Crippen LogP contribution in [0.5, 0.6) is 0 Å². The Bertz CT molecular complexity index is 544. The molecule has 1 fully saturated rings. The van der Waals surface area contributed by atoms with E-state index in [2.05, 4.69) is 10.6 Å². The number of para-hydroxylation sites is 1. The fraction of sp³-hybridized carbons (Fsp3) is 0.308. The van der Waals surface area contributed by atoms with Gasteiger partial charge in [-0.2, -0.15) is 0 Å². The molecule has 1 saturated heterocycles. The molecule has 0 aliphatic carbocycles. The van der Waals surface area contributed by atoms with Crippen molar-refractivity contribution in [1.29, 1.82) is 0 Å². The zero-order valence-electron chi connectivity index (χ0n) is 10.9. The maximum Gasteiger partial charge on any atom is 0.250 e. The van der Waals surface area contributed by atoms with E-state index < -0.39 is 5.91 Å². The average Bonchev–Trinajstić information content (AvgIpc) is 2.45. The molecule has 0 unspecified atom stereocenters. The van der Waals surface area contributed by atoms with Gasteiger partial charge in [0, 0.05) is 18.8 Å². The molecule has 2 rings (SSSR count).